The maximum Gasteiger partial charge on any atom is 0.133 e. The van der Waals surface area contributed by atoms with Crippen LogP contribution >= 0.6 is 0 Å². The van der Waals surface area contributed by atoms with Gasteiger partial charge in [0.15, 0.2) is 0 Å². The van der Waals surface area contributed by atoms with Crippen LogP contribution in [-0.4, -0.2) is 5.78 Å². The zero-order valence-electron chi connectivity index (χ0n) is 8.53. The number of furan rings is 1. The van der Waals surface area contributed by atoms with Crippen LogP contribution in [0.25, 0.3) is 0 Å². The van der Waals surface area contributed by atoms with Crippen LogP contribution in [0.1, 0.15) is 44.3 Å². The normalized spacial score (nSPS) is 27.9. The number of hydrogen-bond donors (Lipinski definition) is 0. The fourth-order valence-electron chi connectivity index (χ4n) is 2.39. The second-order valence-corrected chi connectivity index (χ2v) is 4.07. The van der Waals surface area contributed by atoms with E-state index in [1.54, 1.807) is 6.26 Å². The van der Waals surface area contributed by atoms with Crippen LogP contribution in [0.2, 0.25) is 0 Å². The molecule has 0 bridgehead atoms. The van der Waals surface area contributed by atoms with Crippen LogP contribution < -0.4 is 0 Å². The lowest BCUT2D eigenvalue weighted by atomic mass is 9.76. The molecule has 0 spiro atoms. The van der Waals surface area contributed by atoms with Crippen molar-refractivity contribution in [1.82, 2.24) is 0 Å². The molecule has 1 saturated carbocycles. The standard InChI is InChI=1S/C12H16O2/c1-2-9-5-6-10(13)8-11(9)12-4-3-7-14-12/h3-4,7,9,11H,2,5-6,8H2,1H3. The molecule has 1 aromatic heterocycles. The molecule has 1 aliphatic rings. The van der Waals surface area contributed by atoms with Gasteiger partial charge in [-0.15, -0.1) is 0 Å². The molecular weight excluding hydrogens is 176 g/mol. The molecule has 0 saturated heterocycles. The summed E-state index contributed by atoms with van der Waals surface area (Å²) in [6.45, 7) is 2.19. The zero-order valence-corrected chi connectivity index (χ0v) is 8.53. The zero-order chi connectivity index (χ0) is 9.97. The molecule has 1 fully saturated rings. The first-order valence-corrected chi connectivity index (χ1v) is 5.36. The van der Waals surface area contributed by atoms with E-state index in [1.165, 1.54) is 0 Å². The highest BCUT2D eigenvalue weighted by Crippen LogP contribution is 2.38. The largest absolute Gasteiger partial charge is 0.469 e. The minimum absolute atomic E-state index is 0.330. The van der Waals surface area contributed by atoms with Crippen LogP contribution in [-0.2, 0) is 4.79 Å². The van der Waals surface area contributed by atoms with Crippen molar-refractivity contribution in [3.05, 3.63) is 24.2 Å². The van der Waals surface area contributed by atoms with E-state index in [0.717, 1.165) is 25.0 Å². The molecule has 1 aromatic rings. The van der Waals surface area contributed by atoms with Crippen molar-refractivity contribution in [3.8, 4) is 0 Å². The highest BCUT2D eigenvalue weighted by molar-refractivity contribution is 5.80. The van der Waals surface area contributed by atoms with E-state index in [-0.39, 0.29) is 0 Å². The Hall–Kier alpha value is -1.05. The van der Waals surface area contributed by atoms with E-state index >= 15 is 0 Å². The Morgan fingerprint density at radius 3 is 3.07 bits per heavy atom. The molecule has 2 heteroatoms. The van der Waals surface area contributed by atoms with Crippen molar-refractivity contribution in [1.29, 1.82) is 0 Å². The van der Waals surface area contributed by atoms with Crippen LogP contribution in [0.4, 0.5) is 0 Å². The summed E-state index contributed by atoms with van der Waals surface area (Å²) in [5.41, 5.74) is 0. The molecule has 0 radical (unpaired) electrons. The summed E-state index contributed by atoms with van der Waals surface area (Å²) < 4.78 is 5.40. The Bertz CT molecular complexity index is 300. The molecule has 76 valence electrons. The van der Waals surface area contributed by atoms with Gasteiger partial charge in [-0.05, 0) is 24.5 Å². The van der Waals surface area contributed by atoms with E-state index in [1.807, 2.05) is 12.1 Å². The van der Waals surface area contributed by atoms with Crippen LogP contribution in [0.5, 0.6) is 0 Å². The van der Waals surface area contributed by atoms with Gasteiger partial charge in [-0.25, -0.2) is 0 Å². The summed E-state index contributed by atoms with van der Waals surface area (Å²) >= 11 is 0. The van der Waals surface area contributed by atoms with Gasteiger partial charge in [0.1, 0.15) is 11.5 Å². The Morgan fingerprint density at radius 1 is 1.57 bits per heavy atom. The lowest BCUT2D eigenvalue weighted by molar-refractivity contribution is -0.121. The summed E-state index contributed by atoms with van der Waals surface area (Å²) in [5.74, 6) is 2.33. The Kier molecular flexibility index (Phi) is 2.71. The summed E-state index contributed by atoms with van der Waals surface area (Å²) in [4.78, 5) is 11.4. The predicted molar refractivity (Wildman–Crippen MR) is 54.1 cm³/mol. The van der Waals surface area contributed by atoms with E-state index in [2.05, 4.69) is 6.92 Å². The fraction of sp³-hybridized carbons (Fsp3) is 0.583. The molecule has 14 heavy (non-hydrogen) atoms. The first kappa shape index (κ1) is 9.50. The topological polar surface area (TPSA) is 30.2 Å². The summed E-state index contributed by atoms with van der Waals surface area (Å²) in [6.07, 6.45) is 5.29. The van der Waals surface area contributed by atoms with Gasteiger partial charge in [0.2, 0.25) is 0 Å². The molecule has 2 nitrogen and oxygen atoms in total. The average Bonchev–Trinajstić information content (AvgIpc) is 2.70. The maximum atomic E-state index is 11.4. The molecule has 2 rings (SSSR count). The number of carbonyl (C=O) groups excluding carboxylic acids is 1. The summed E-state index contributed by atoms with van der Waals surface area (Å²) in [5, 5.41) is 0. The van der Waals surface area contributed by atoms with Crippen LogP contribution in [0.15, 0.2) is 22.8 Å². The van der Waals surface area contributed by atoms with Gasteiger partial charge < -0.3 is 4.42 Å². The van der Waals surface area contributed by atoms with Crippen LogP contribution in [0, 0.1) is 5.92 Å². The van der Waals surface area contributed by atoms with Crippen molar-refractivity contribution in [2.24, 2.45) is 5.92 Å². The Balaban J connectivity index is 2.17. The van der Waals surface area contributed by atoms with Crippen molar-refractivity contribution in [2.45, 2.75) is 38.5 Å². The third-order valence-electron chi connectivity index (χ3n) is 3.24. The minimum atomic E-state index is 0.330. The SMILES string of the molecule is CCC1CCC(=O)CC1c1ccco1. The number of rotatable bonds is 2. The third kappa shape index (κ3) is 1.74. The van der Waals surface area contributed by atoms with E-state index in [0.29, 0.717) is 24.0 Å². The maximum absolute atomic E-state index is 11.4. The second kappa shape index (κ2) is 3.99. The first-order chi connectivity index (χ1) is 6.81. The third-order valence-corrected chi connectivity index (χ3v) is 3.24. The van der Waals surface area contributed by atoms with E-state index in [4.69, 9.17) is 4.42 Å². The summed E-state index contributed by atoms with van der Waals surface area (Å²) in [7, 11) is 0. The van der Waals surface area contributed by atoms with Crippen LogP contribution in [0.3, 0.4) is 0 Å². The van der Waals surface area contributed by atoms with Crippen molar-refractivity contribution in [3.63, 3.8) is 0 Å². The lowest BCUT2D eigenvalue weighted by Gasteiger charge is -2.28. The smallest absolute Gasteiger partial charge is 0.133 e. The van der Waals surface area contributed by atoms with Gasteiger partial charge >= 0.3 is 0 Å². The molecule has 0 N–H and O–H groups in total. The first-order valence-electron chi connectivity index (χ1n) is 5.36. The Morgan fingerprint density at radius 2 is 2.43 bits per heavy atom. The van der Waals surface area contributed by atoms with E-state index in [9.17, 15) is 4.79 Å². The van der Waals surface area contributed by atoms with Gasteiger partial charge in [-0.1, -0.05) is 13.3 Å². The molecule has 0 aliphatic heterocycles. The van der Waals surface area contributed by atoms with Gasteiger partial charge in [0.25, 0.3) is 0 Å². The quantitative estimate of drug-likeness (QED) is 0.720. The monoisotopic (exact) mass is 192 g/mol. The number of hydrogen-bond acceptors (Lipinski definition) is 2. The number of Topliss-reactive ketones (excluding diaryl/α,β-unsaturated/α-hetero) is 1. The molecule has 2 unspecified atom stereocenters. The molecule has 2 atom stereocenters. The molecule has 1 aliphatic carbocycles. The Labute approximate surface area is 84.3 Å². The fourth-order valence-corrected chi connectivity index (χ4v) is 2.39. The second-order valence-electron chi connectivity index (χ2n) is 4.07. The van der Waals surface area contributed by atoms with Crippen molar-refractivity contribution in [2.75, 3.05) is 0 Å². The average molecular weight is 192 g/mol. The molecule has 0 aromatic carbocycles. The lowest BCUT2D eigenvalue weighted by Crippen LogP contribution is -2.22. The minimum Gasteiger partial charge on any atom is -0.469 e. The number of carbonyl (C=O) groups is 1. The van der Waals surface area contributed by atoms with Crippen molar-refractivity contribution < 1.29 is 9.21 Å². The highest BCUT2D eigenvalue weighted by atomic mass is 16.3. The van der Waals surface area contributed by atoms with Gasteiger partial charge in [-0.3, -0.25) is 4.79 Å². The predicted octanol–water partition coefficient (Wildman–Crippen LogP) is 3.14. The highest BCUT2D eigenvalue weighted by Gasteiger charge is 2.30. The van der Waals surface area contributed by atoms with E-state index < -0.39 is 0 Å². The number of ketones is 1. The van der Waals surface area contributed by atoms with Crippen molar-refractivity contribution >= 4 is 5.78 Å². The summed E-state index contributed by atoms with van der Waals surface area (Å²) in [6, 6.07) is 3.90. The molecule has 1 heterocycles. The molecular formula is C12H16O2. The van der Waals surface area contributed by atoms with Gasteiger partial charge in [0.05, 0.1) is 6.26 Å². The van der Waals surface area contributed by atoms with Gasteiger partial charge in [-0.2, -0.15) is 0 Å². The van der Waals surface area contributed by atoms with Gasteiger partial charge in [0, 0.05) is 18.8 Å². The molecule has 0 amide bonds.